The van der Waals surface area contributed by atoms with Crippen molar-refractivity contribution in [3.8, 4) is 5.75 Å². The molecular formula is C15H17N3O3. The van der Waals surface area contributed by atoms with Crippen LogP contribution < -0.4 is 4.74 Å². The molecular weight excluding hydrogens is 270 g/mol. The Morgan fingerprint density at radius 3 is 2.52 bits per heavy atom. The van der Waals surface area contributed by atoms with Crippen LogP contribution in [0.1, 0.15) is 29.9 Å². The van der Waals surface area contributed by atoms with Crippen molar-refractivity contribution in [3.05, 3.63) is 40.9 Å². The molecule has 0 radical (unpaired) electrons. The minimum absolute atomic E-state index is 0.0990. The van der Waals surface area contributed by atoms with Gasteiger partial charge in [0.1, 0.15) is 5.75 Å². The van der Waals surface area contributed by atoms with Crippen LogP contribution in [0.3, 0.4) is 0 Å². The third kappa shape index (κ3) is 2.74. The number of hydrogen-bond donors (Lipinski definition) is 0. The topological polar surface area (TPSA) is 68.5 Å². The zero-order valence-corrected chi connectivity index (χ0v) is 11.9. The fourth-order valence-electron chi connectivity index (χ4n) is 2.42. The maximum absolute atomic E-state index is 11.6. The highest BCUT2D eigenvalue weighted by molar-refractivity contribution is 5.89. The Bertz CT molecular complexity index is 706. The fraction of sp³-hybridized carbons (Fsp3) is 0.400. The van der Waals surface area contributed by atoms with Gasteiger partial charge in [0.25, 0.3) is 0 Å². The van der Waals surface area contributed by atoms with E-state index in [0.717, 1.165) is 31.7 Å². The molecule has 3 aliphatic rings. The third-order valence-electron chi connectivity index (χ3n) is 3.70. The summed E-state index contributed by atoms with van der Waals surface area (Å²) in [5, 5.41) is 6.02. The number of carbonyl (C=O) groups is 1. The van der Waals surface area contributed by atoms with E-state index in [1.165, 1.54) is 23.2 Å². The molecule has 1 amide bonds. The number of piperidine rings is 1. The van der Waals surface area contributed by atoms with E-state index in [2.05, 4.69) is 22.3 Å². The largest absolute Gasteiger partial charge is 0.496 e. The van der Waals surface area contributed by atoms with Gasteiger partial charge in [-0.1, -0.05) is 17.3 Å². The van der Waals surface area contributed by atoms with Crippen LogP contribution in [0.5, 0.6) is 5.75 Å². The number of methoxy groups -OCH3 is 1. The van der Waals surface area contributed by atoms with Crippen molar-refractivity contribution in [1.82, 2.24) is 15.0 Å². The Hall–Kier alpha value is -2.37. The number of nitrogens with zero attached hydrogens (tertiary/aromatic N) is 3. The van der Waals surface area contributed by atoms with Gasteiger partial charge in [0.2, 0.25) is 0 Å². The predicted molar refractivity (Wildman–Crippen MR) is 74.7 cm³/mol. The number of likely N-dealkylation sites (tertiary alicyclic amines) is 1. The standard InChI is InChI=1S/C8H11N3O2.C7H6O/c12-8(7-9-6-10-13-7)11-4-2-1-3-5-11;1-8-7-4-5-2-3-6(5)7/h6H,1-5H2;2-4H,1H3. The second-order valence-corrected chi connectivity index (χ2v) is 5.01. The van der Waals surface area contributed by atoms with Crippen LogP contribution in [0.25, 0.3) is 0 Å². The first-order valence-corrected chi connectivity index (χ1v) is 7.04. The summed E-state index contributed by atoms with van der Waals surface area (Å²) < 4.78 is 9.67. The van der Waals surface area contributed by atoms with Crippen LogP contribution in [-0.2, 0) is 0 Å². The Morgan fingerprint density at radius 2 is 2.10 bits per heavy atom. The van der Waals surface area contributed by atoms with Crippen molar-refractivity contribution in [1.29, 1.82) is 0 Å². The number of amides is 1. The van der Waals surface area contributed by atoms with Gasteiger partial charge >= 0.3 is 11.8 Å². The Labute approximate surface area is 122 Å². The van der Waals surface area contributed by atoms with E-state index in [9.17, 15) is 4.79 Å². The van der Waals surface area contributed by atoms with Crippen LogP contribution in [0.2, 0.25) is 0 Å². The maximum Gasteiger partial charge on any atom is 0.315 e. The Kier molecular flexibility index (Phi) is 3.85. The first-order chi connectivity index (χ1) is 10.3. The Morgan fingerprint density at radius 1 is 1.29 bits per heavy atom. The quantitative estimate of drug-likeness (QED) is 0.721. The summed E-state index contributed by atoms with van der Waals surface area (Å²) >= 11 is 0. The van der Waals surface area contributed by atoms with E-state index in [0.29, 0.717) is 0 Å². The first-order valence-electron chi connectivity index (χ1n) is 7.04. The normalized spacial score (nSPS) is 15.0. The van der Waals surface area contributed by atoms with E-state index in [1.807, 2.05) is 6.07 Å². The number of carbonyl (C=O) groups excluding carboxylic acids is 1. The van der Waals surface area contributed by atoms with Crippen molar-refractivity contribution in [2.75, 3.05) is 20.2 Å². The Balaban J connectivity index is 0.000000140. The van der Waals surface area contributed by atoms with Crippen molar-refractivity contribution in [2.24, 2.45) is 0 Å². The van der Waals surface area contributed by atoms with Gasteiger partial charge in [0.15, 0.2) is 6.33 Å². The summed E-state index contributed by atoms with van der Waals surface area (Å²) in [4.78, 5) is 17.1. The van der Waals surface area contributed by atoms with E-state index in [-0.39, 0.29) is 11.8 Å². The molecule has 1 aliphatic heterocycles. The van der Waals surface area contributed by atoms with Crippen LogP contribution in [0.15, 0.2) is 29.0 Å². The summed E-state index contributed by atoms with van der Waals surface area (Å²) in [5.41, 5.74) is 0. The molecule has 0 unspecified atom stereocenters. The number of aromatic nitrogens is 2. The third-order valence-corrected chi connectivity index (χ3v) is 3.70. The summed E-state index contributed by atoms with van der Waals surface area (Å²) in [6, 6.07) is 6.18. The van der Waals surface area contributed by atoms with Gasteiger partial charge in [-0.2, -0.15) is 4.98 Å². The van der Waals surface area contributed by atoms with Crippen molar-refractivity contribution < 1.29 is 14.1 Å². The zero-order chi connectivity index (χ0) is 14.7. The minimum atomic E-state index is -0.141. The van der Waals surface area contributed by atoms with Gasteiger partial charge in [0.05, 0.1) is 7.11 Å². The molecule has 0 atom stereocenters. The molecule has 1 saturated heterocycles. The minimum Gasteiger partial charge on any atom is -0.496 e. The molecule has 0 bridgehead atoms. The van der Waals surface area contributed by atoms with Gasteiger partial charge in [0, 0.05) is 18.3 Å². The number of rotatable bonds is 2. The molecule has 1 fully saturated rings. The molecule has 0 spiro atoms. The number of benzene rings is 1. The number of hydrogen-bond acceptors (Lipinski definition) is 5. The molecule has 4 rings (SSSR count). The molecule has 1 aromatic heterocycles. The average Bonchev–Trinajstić information content (AvgIpc) is 3.05. The van der Waals surface area contributed by atoms with Crippen LogP contribution in [0, 0.1) is 10.4 Å². The molecule has 0 N–H and O–H groups in total. The molecule has 2 heterocycles. The lowest BCUT2D eigenvalue weighted by Gasteiger charge is -2.24. The second kappa shape index (κ2) is 5.95. The SMILES string of the molecule is COc1cc2ccc1=2.O=C(c1ncno1)N1CCCCC1. The molecule has 2 aliphatic carbocycles. The van der Waals surface area contributed by atoms with Gasteiger partial charge in [-0.05, 0) is 30.5 Å². The van der Waals surface area contributed by atoms with E-state index in [1.54, 1.807) is 12.0 Å². The van der Waals surface area contributed by atoms with Crippen molar-refractivity contribution in [3.63, 3.8) is 0 Å². The average molecular weight is 287 g/mol. The van der Waals surface area contributed by atoms with Crippen molar-refractivity contribution >= 4 is 5.91 Å². The zero-order valence-electron chi connectivity index (χ0n) is 11.9. The summed E-state index contributed by atoms with van der Waals surface area (Å²) in [5.74, 6) is 0.988. The molecule has 21 heavy (non-hydrogen) atoms. The smallest absolute Gasteiger partial charge is 0.315 e. The van der Waals surface area contributed by atoms with Gasteiger partial charge in [-0.15, -0.1) is 0 Å². The molecule has 110 valence electrons. The van der Waals surface area contributed by atoms with Gasteiger partial charge < -0.3 is 14.2 Å². The van der Waals surface area contributed by atoms with Gasteiger partial charge in [-0.25, -0.2) is 0 Å². The lowest BCUT2D eigenvalue weighted by molar-refractivity contribution is 0.0674. The molecule has 0 aromatic carbocycles. The highest BCUT2D eigenvalue weighted by Gasteiger charge is 2.21. The van der Waals surface area contributed by atoms with Crippen LogP contribution in [-0.4, -0.2) is 41.1 Å². The van der Waals surface area contributed by atoms with Gasteiger partial charge in [-0.3, -0.25) is 4.79 Å². The highest BCUT2D eigenvalue weighted by Crippen LogP contribution is 2.22. The van der Waals surface area contributed by atoms with E-state index in [4.69, 9.17) is 9.26 Å². The molecule has 6 heteroatoms. The predicted octanol–water partition coefficient (Wildman–Crippen LogP) is 1.99. The highest BCUT2D eigenvalue weighted by atomic mass is 16.5. The molecule has 6 nitrogen and oxygen atoms in total. The molecule has 0 saturated carbocycles. The van der Waals surface area contributed by atoms with Crippen molar-refractivity contribution in [2.45, 2.75) is 19.3 Å². The lowest BCUT2D eigenvalue weighted by Crippen LogP contribution is -2.35. The van der Waals surface area contributed by atoms with Crippen LogP contribution in [0.4, 0.5) is 0 Å². The number of ether oxygens (including phenoxy) is 1. The molecule has 1 aromatic rings. The summed E-state index contributed by atoms with van der Waals surface area (Å²) in [7, 11) is 1.70. The first kappa shape index (κ1) is 13.6. The van der Waals surface area contributed by atoms with E-state index < -0.39 is 0 Å². The second-order valence-electron chi connectivity index (χ2n) is 5.01. The van der Waals surface area contributed by atoms with E-state index >= 15 is 0 Å². The fourth-order valence-corrected chi connectivity index (χ4v) is 2.42. The lowest BCUT2D eigenvalue weighted by atomic mass is 10.1. The summed E-state index contributed by atoms with van der Waals surface area (Å²) in [6.07, 6.45) is 4.59. The summed E-state index contributed by atoms with van der Waals surface area (Å²) in [6.45, 7) is 1.61. The van der Waals surface area contributed by atoms with Crippen LogP contribution >= 0.6 is 0 Å². The monoisotopic (exact) mass is 287 g/mol. The maximum atomic E-state index is 11.6.